The van der Waals surface area contributed by atoms with E-state index in [1.54, 1.807) is 0 Å². The number of nitrogens with zero attached hydrogens (tertiary/aromatic N) is 4. The molecular formula is C31H42N6O2. The second-order valence-corrected chi connectivity index (χ2v) is 11.6. The molecular weight excluding hydrogens is 488 g/mol. The molecule has 3 aliphatic rings. The Labute approximate surface area is 232 Å². The van der Waals surface area contributed by atoms with Crippen LogP contribution in [0.2, 0.25) is 0 Å². The minimum Gasteiger partial charge on any atom is -0.369 e. The number of H-pyrrole nitrogens is 1. The van der Waals surface area contributed by atoms with Crippen molar-refractivity contribution in [3.8, 4) is 0 Å². The Bertz CT molecular complexity index is 1230. The average Bonchev–Trinajstić information content (AvgIpc) is 3.65. The van der Waals surface area contributed by atoms with Gasteiger partial charge in [-0.25, -0.2) is 4.98 Å². The van der Waals surface area contributed by atoms with Crippen LogP contribution >= 0.6 is 0 Å². The van der Waals surface area contributed by atoms with Gasteiger partial charge >= 0.3 is 5.91 Å². The summed E-state index contributed by atoms with van der Waals surface area (Å²) < 4.78 is 6.94. The Hall–Kier alpha value is -2.99. The smallest absolute Gasteiger partial charge is 0.314 e. The number of piperidine rings is 1. The van der Waals surface area contributed by atoms with E-state index in [-0.39, 0.29) is 23.2 Å². The van der Waals surface area contributed by atoms with Crippen molar-refractivity contribution in [3.63, 3.8) is 0 Å². The lowest BCUT2D eigenvalue weighted by Crippen LogP contribution is -2.52. The molecule has 2 saturated heterocycles. The maximum atomic E-state index is 13.1. The van der Waals surface area contributed by atoms with Crippen LogP contribution in [0, 0.1) is 6.57 Å². The molecule has 0 saturated carbocycles. The van der Waals surface area contributed by atoms with E-state index in [0.717, 1.165) is 56.5 Å². The van der Waals surface area contributed by atoms with Gasteiger partial charge in [-0.2, -0.15) is 0 Å². The van der Waals surface area contributed by atoms with Gasteiger partial charge in [0.25, 0.3) is 5.82 Å². The second-order valence-electron chi connectivity index (χ2n) is 11.6. The van der Waals surface area contributed by atoms with Crippen molar-refractivity contribution >= 4 is 23.0 Å². The first-order chi connectivity index (χ1) is 18.9. The maximum Gasteiger partial charge on any atom is 0.314 e. The van der Waals surface area contributed by atoms with E-state index in [1.807, 2.05) is 6.07 Å². The fourth-order valence-electron chi connectivity index (χ4n) is 6.52. The zero-order valence-corrected chi connectivity index (χ0v) is 23.6. The molecule has 5 rings (SSSR count). The second kappa shape index (κ2) is 12.0. The van der Waals surface area contributed by atoms with Crippen LogP contribution in [0.15, 0.2) is 30.5 Å². The van der Waals surface area contributed by atoms with Crippen molar-refractivity contribution in [1.29, 1.82) is 0 Å². The lowest BCUT2D eigenvalue weighted by Gasteiger charge is -2.48. The van der Waals surface area contributed by atoms with Crippen LogP contribution in [0.1, 0.15) is 87.0 Å². The predicted octanol–water partition coefficient (Wildman–Crippen LogP) is 5.98. The van der Waals surface area contributed by atoms with Crippen LogP contribution in [0.3, 0.4) is 0 Å². The summed E-state index contributed by atoms with van der Waals surface area (Å²) in [4.78, 5) is 28.2. The Morgan fingerprint density at radius 3 is 2.64 bits per heavy atom. The molecule has 0 radical (unpaired) electrons. The highest BCUT2D eigenvalue weighted by atomic mass is 16.5. The summed E-state index contributed by atoms with van der Waals surface area (Å²) in [6, 6.07) is 7.26. The van der Waals surface area contributed by atoms with Gasteiger partial charge in [-0.1, -0.05) is 18.7 Å². The van der Waals surface area contributed by atoms with Crippen LogP contribution in [-0.4, -0.2) is 71.0 Å². The van der Waals surface area contributed by atoms with Crippen molar-refractivity contribution in [1.82, 2.24) is 19.8 Å². The molecule has 8 heteroatoms. The van der Waals surface area contributed by atoms with Crippen molar-refractivity contribution in [3.05, 3.63) is 58.8 Å². The van der Waals surface area contributed by atoms with E-state index in [4.69, 9.17) is 11.3 Å². The zero-order valence-electron chi connectivity index (χ0n) is 23.6. The number of allylic oxidation sites excluding steroid dienone is 2. The topological polar surface area (TPSA) is 77.8 Å². The minimum atomic E-state index is -0.372. The molecule has 0 bridgehead atoms. The lowest BCUT2D eigenvalue weighted by molar-refractivity contribution is -0.117. The first kappa shape index (κ1) is 27.6. The van der Waals surface area contributed by atoms with Crippen LogP contribution in [-0.2, 0) is 10.3 Å². The third-order valence-corrected chi connectivity index (χ3v) is 8.95. The lowest BCUT2D eigenvalue weighted by atomic mass is 9.77. The minimum absolute atomic E-state index is 0.147. The number of carbonyl (C=O) groups excluding carboxylic acids is 1. The summed E-state index contributed by atoms with van der Waals surface area (Å²) in [6.45, 7) is 15.8. The van der Waals surface area contributed by atoms with E-state index < -0.39 is 0 Å². The maximum absolute atomic E-state index is 13.1. The Balaban J connectivity index is 1.48. The number of carbonyl (C=O) groups is 1. The number of hydrogen-bond donors (Lipinski definition) is 2. The standard InChI is InChI=1S/C31H42N6O2/c1-22-19-31(20-23(2)36(22)4,39-17-16-37-14-8-9-15-37)25-12-13-27(26(18-25)24-10-6-5-7-11-24)34-30(38)29-33-21-28(32-3)35-29/h10,12-13,18,21-23H,5-9,11,14-17,19-20H2,1-2,4H3,(H,33,35)(H,34,38). The molecule has 1 aromatic heterocycles. The highest BCUT2D eigenvalue weighted by Gasteiger charge is 2.43. The average molecular weight is 531 g/mol. The van der Waals surface area contributed by atoms with E-state index in [2.05, 4.69) is 69.0 Å². The fraction of sp³-hybridized carbons (Fsp3) is 0.581. The summed E-state index contributed by atoms with van der Waals surface area (Å²) in [5.74, 6) is 0.0611. The number of likely N-dealkylation sites (tertiary alicyclic amines) is 2. The largest absolute Gasteiger partial charge is 0.369 e. The van der Waals surface area contributed by atoms with E-state index >= 15 is 0 Å². The van der Waals surface area contributed by atoms with Gasteiger partial charge in [0.1, 0.15) is 0 Å². The molecule has 1 aromatic carbocycles. The number of aromatic amines is 1. The number of nitrogens with one attached hydrogen (secondary N) is 2. The number of benzene rings is 1. The molecule has 1 amide bonds. The molecule has 1 aliphatic carbocycles. The number of ether oxygens (including phenoxy) is 1. The number of hydrogen-bond acceptors (Lipinski definition) is 5. The van der Waals surface area contributed by atoms with Crippen LogP contribution in [0.25, 0.3) is 10.4 Å². The molecule has 8 nitrogen and oxygen atoms in total. The van der Waals surface area contributed by atoms with Crippen molar-refractivity contribution in [2.45, 2.75) is 82.9 Å². The molecule has 208 valence electrons. The number of anilines is 1. The highest BCUT2D eigenvalue weighted by Crippen LogP contribution is 2.44. The molecule has 2 fully saturated rings. The molecule has 3 heterocycles. The van der Waals surface area contributed by atoms with Crippen LogP contribution in [0.5, 0.6) is 0 Å². The predicted molar refractivity (Wildman–Crippen MR) is 155 cm³/mol. The highest BCUT2D eigenvalue weighted by molar-refractivity contribution is 6.03. The van der Waals surface area contributed by atoms with Crippen molar-refractivity contribution < 1.29 is 9.53 Å². The first-order valence-electron chi connectivity index (χ1n) is 14.5. The SMILES string of the molecule is [C-]#[N+]c1cnc(C(=O)Nc2ccc(C3(OCCN4CCCC4)CC(C)N(C)C(C)C3)cc2C2=CCCCC2)[nH]1. The third kappa shape index (κ3) is 6.11. The van der Waals surface area contributed by atoms with Crippen molar-refractivity contribution in [2.24, 2.45) is 0 Å². The van der Waals surface area contributed by atoms with E-state index in [0.29, 0.717) is 12.1 Å². The molecule has 2 aromatic rings. The summed E-state index contributed by atoms with van der Waals surface area (Å²) in [7, 11) is 2.22. The molecule has 39 heavy (non-hydrogen) atoms. The molecule has 2 unspecified atom stereocenters. The first-order valence-corrected chi connectivity index (χ1v) is 14.5. The molecule has 2 atom stereocenters. The van der Waals surface area contributed by atoms with Crippen LogP contribution < -0.4 is 5.32 Å². The van der Waals surface area contributed by atoms with E-state index in [1.165, 1.54) is 49.7 Å². The Kier molecular flexibility index (Phi) is 8.51. The van der Waals surface area contributed by atoms with Gasteiger partial charge in [-0.3, -0.25) is 9.78 Å². The summed E-state index contributed by atoms with van der Waals surface area (Å²) >= 11 is 0. The molecule has 0 spiro atoms. The van der Waals surface area contributed by atoms with Gasteiger partial charge < -0.3 is 24.7 Å². The van der Waals surface area contributed by atoms with Gasteiger partial charge in [0.05, 0.1) is 18.4 Å². The van der Waals surface area contributed by atoms with Gasteiger partial charge in [-0.05, 0) is 109 Å². The number of aromatic nitrogens is 2. The number of amides is 1. The zero-order chi connectivity index (χ0) is 27.4. The normalized spacial score (nSPS) is 26.3. The Morgan fingerprint density at radius 1 is 1.21 bits per heavy atom. The van der Waals surface area contributed by atoms with Crippen molar-refractivity contribution in [2.75, 3.05) is 38.6 Å². The number of rotatable bonds is 8. The van der Waals surface area contributed by atoms with Gasteiger partial charge in [0.2, 0.25) is 5.82 Å². The third-order valence-electron chi connectivity index (χ3n) is 8.95. The number of imidazole rings is 1. The molecule has 2 N–H and O–H groups in total. The van der Waals surface area contributed by atoms with Crippen LogP contribution in [0.4, 0.5) is 11.5 Å². The fourth-order valence-corrected chi connectivity index (χ4v) is 6.52. The summed E-state index contributed by atoms with van der Waals surface area (Å²) in [6.07, 6.45) is 12.5. The van der Waals surface area contributed by atoms with Gasteiger partial charge in [0.15, 0.2) is 0 Å². The molecule has 2 aliphatic heterocycles. The monoisotopic (exact) mass is 530 g/mol. The Morgan fingerprint density at radius 2 is 1.97 bits per heavy atom. The van der Waals surface area contributed by atoms with E-state index in [9.17, 15) is 4.79 Å². The summed E-state index contributed by atoms with van der Waals surface area (Å²) in [5.41, 5.74) is 3.95. The van der Waals surface area contributed by atoms with Gasteiger partial charge in [0, 0.05) is 29.9 Å². The summed E-state index contributed by atoms with van der Waals surface area (Å²) in [5, 5.41) is 3.08. The quantitative estimate of drug-likeness (QED) is 0.411. The van der Waals surface area contributed by atoms with Gasteiger partial charge in [-0.15, -0.1) is 0 Å².